The third kappa shape index (κ3) is 4.24. The number of hydrogen-bond acceptors (Lipinski definition) is 2. The van der Waals surface area contributed by atoms with Gasteiger partial charge in [-0.2, -0.15) is 0 Å². The zero-order valence-corrected chi connectivity index (χ0v) is 11.1. The Kier molecular flexibility index (Phi) is 3.94. The predicted molar refractivity (Wildman–Crippen MR) is 61.4 cm³/mol. The Labute approximate surface area is 101 Å². The van der Waals surface area contributed by atoms with E-state index in [0.717, 1.165) is 0 Å². The zero-order valence-electron chi connectivity index (χ0n) is 6.34. The monoisotopic (exact) mass is 370 g/mol. The van der Waals surface area contributed by atoms with Crippen LogP contribution in [0.1, 0.15) is 10.4 Å². The molecule has 0 spiro atoms. The summed E-state index contributed by atoms with van der Waals surface area (Å²) in [6.45, 7) is 0. The first-order valence-corrected chi connectivity index (χ1v) is 5.72. The van der Waals surface area contributed by atoms with Gasteiger partial charge in [0.2, 0.25) is 0 Å². The number of carbonyl (C=O) groups excluding carboxylic acids is 1. The van der Waals surface area contributed by atoms with Crippen LogP contribution in [0, 0.1) is 0 Å². The standard InChI is InChI=1S/C8H5Br3O2/c9-8(10,11)13-7(12)6-4-2-1-3-5-6/h1-5H. The molecule has 2 nitrogen and oxygen atoms in total. The van der Waals surface area contributed by atoms with Crippen molar-refractivity contribution in [2.24, 2.45) is 0 Å². The fraction of sp³-hybridized carbons (Fsp3) is 0.125. The number of hydrogen-bond donors (Lipinski definition) is 0. The number of benzene rings is 1. The molecule has 0 saturated carbocycles. The number of halogens is 3. The lowest BCUT2D eigenvalue weighted by Crippen LogP contribution is -2.14. The molecule has 5 heteroatoms. The minimum absolute atomic E-state index is 0.411. The number of rotatable bonds is 1. The smallest absolute Gasteiger partial charge is 0.340 e. The molecule has 70 valence electrons. The van der Waals surface area contributed by atoms with Crippen LogP contribution in [0.15, 0.2) is 30.3 Å². The third-order valence-electron chi connectivity index (χ3n) is 1.22. The molecular formula is C8H5Br3O2. The highest BCUT2D eigenvalue weighted by Gasteiger charge is 2.23. The van der Waals surface area contributed by atoms with E-state index in [-0.39, 0.29) is 0 Å². The summed E-state index contributed by atoms with van der Waals surface area (Å²) < 4.78 is 3.95. The van der Waals surface area contributed by atoms with E-state index in [2.05, 4.69) is 47.8 Å². The summed E-state index contributed by atoms with van der Waals surface area (Å²) in [7, 11) is 0. The van der Waals surface area contributed by atoms with Crippen molar-refractivity contribution < 1.29 is 9.53 Å². The average molecular weight is 373 g/mol. The highest BCUT2D eigenvalue weighted by molar-refractivity contribution is 9.39. The molecule has 0 aromatic heterocycles. The number of esters is 1. The van der Waals surface area contributed by atoms with Gasteiger partial charge in [-0.15, -0.1) is 0 Å². The summed E-state index contributed by atoms with van der Waals surface area (Å²) in [4.78, 5) is 11.3. The van der Waals surface area contributed by atoms with Gasteiger partial charge in [-0.25, -0.2) is 4.79 Å². The normalized spacial score (nSPS) is 11.0. The highest BCUT2D eigenvalue weighted by Crippen LogP contribution is 2.35. The van der Waals surface area contributed by atoms with Gasteiger partial charge in [0, 0.05) is 0 Å². The van der Waals surface area contributed by atoms with Crippen molar-refractivity contribution in [2.75, 3.05) is 0 Å². The Morgan fingerprint density at radius 3 is 2.15 bits per heavy atom. The van der Waals surface area contributed by atoms with E-state index >= 15 is 0 Å². The van der Waals surface area contributed by atoms with Gasteiger partial charge in [-0.3, -0.25) is 0 Å². The summed E-state index contributed by atoms with van der Waals surface area (Å²) in [5, 5.41) is 0. The van der Waals surface area contributed by atoms with Crippen molar-refractivity contribution in [3.8, 4) is 0 Å². The molecule has 0 amide bonds. The number of ether oxygens (including phenoxy) is 1. The average Bonchev–Trinajstić information content (AvgIpc) is 2.03. The van der Waals surface area contributed by atoms with Crippen LogP contribution in [0.5, 0.6) is 0 Å². The molecule has 13 heavy (non-hydrogen) atoms. The fourth-order valence-corrected chi connectivity index (χ4v) is 1.18. The van der Waals surface area contributed by atoms with E-state index < -0.39 is 8.30 Å². The van der Waals surface area contributed by atoms with Gasteiger partial charge in [0.05, 0.1) is 5.56 Å². The van der Waals surface area contributed by atoms with Crippen LogP contribution in [0.2, 0.25) is 0 Å². The molecule has 0 radical (unpaired) electrons. The van der Waals surface area contributed by atoms with E-state index in [4.69, 9.17) is 4.74 Å². The molecule has 0 bridgehead atoms. The number of alkyl halides is 3. The minimum Gasteiger partial charge on any atom is -0.423 e. The van der Waals surface area contributed by atoms with Crippen LogP contribution in [-0.4, -0.2) is 8.30 Å². The van der Waals surface area contributed by atoms with Crippen molar-refractivity contribution in [1.82, 2.24) is 0 Å². The van der Waals surface area contributed by atoms with Crippen LogP contribution in [0.25, 0.3) is 0 Å². The van der Waals surface area contributed by atoms with E-state index in [1.807, 2.05) is 6.07 Å². The Morgan fingerprint density at radius 2 is 1.69 bits per heavy atom. The molecule has 0 fully saturated rings. The maximum atomic E-state index is 11.3. The Morgan fingerprint density at radius 1 is 1.15 bits per heavy atom. The second-order valence-corrected chi connectivity index (χ2v) is 8.74. The molecule has 1 rings (SSSR count). The first-order chi connectivity index (χ1) is 5.99. The van der Waals surface area contributed by atoms with Gasteiger partial charge in [-0.1, -0.05) is 18.2 Å². The molecule has 0 aliphatic rings. The van der Waals surface area contributed by atoms with Crippen molar-refractivity contribution >= 4 is 53.8 Å². The van der Waals surface area contributed by atoms with Gasteiger partial charge >= 0.3 is 5.97 Å². The lowest BCUT2D eigenvalue weighted by molar-refractivity contribution is 0.0537. The fourth-order valence-electron chi connectivity index (χ4n) is 0.738. The summed E-state index contributed by atoms with van der Waals surface area (Å²) >= 11 is 9.20. The van der Waals surface area contributed by atoms with Gasteiger partial charge < -0.3 is 4.74 Å². The molecular weight excluding hydrogens is 368 g/mol. The van der Waals surface area contributed by atoms with E-state index in [1.54, 1.807) is 24.3 Å². The first-order valence-electron chi connectivity index (χ1n) is 3.34. The molecule has 1 aromatic rings. The molecule has 0 atom stereocenters. The Balaban J connectivity index is 2.71. The van der Waals surface area contributed by atoms with E-state index in [1.165, 1.54) is 0 Å². The lowest BCUT2D eigenvalue weighted by Gasteiger charge is -2.12. The second-order valence-electron chi connectivity index (χ2n) is 2.20. The van der Waals surface area contributed by atoms with Crippen LogP contribution in [0.4, 0.5) is 0 Å². The molecule has 0 saturated heterocycles. The van der Waals surface area contributed by atoms with E-state index in [9.17, 15) is 4.79 Å². The van der Waals surface area contributed by atoms with Crippen LogP contribution in [0.3, 0.4) is 0 Å². The van der Waals surface area contributed by atoms with Crippen molar-refractivity contribution in [3.63, 3.8) is 0 Å². The van der Waals surface area contributed by atoms with Crippen LogP contribution in [-0.2, 0) is 4.74 Å². The van der Waals surface area contributed by atoms with Crippen molar-refractivity contribution in [3.05, 3.63) is 35.9 Å². The quantitative estimate of drug-likeness (QED) is 0.555. The van der Waals surface area contributed by atoms with Gasteiger partial charge in [0.25, 0.3) is 2.33 Å². The summed E-state index contributed by atoms with van der Waals surface area (Å²) in [6.07, 6.45) is 0. The topological polar surface area (TPSA) is 26.3 Å². The lowest BCUT2D eigenvalue weighted by atomic mass is 10.2. The molecule has 0 aliphatic carbocycles. The minimum atomic E-state index is -0.986. The molecule has 0 unspecified atom stereocenters. The first kappa shape index (κ1) is 11.2. The summed E-state index contributed by atoms with van der Waals surface area (Å²) in [6, 6.07) is 8.74. The van der Waals surface area contributed by atoms with E-state index in [0.29, 0.717) is 5.56 Å². The summed E-state index contributed by atoms with van der Waals surface area (Å²) in [5.74, 6) is -0.411. The highest BCUT2D eigenvalue weighted by atomic mass is 80.0. The second kappa shape index (κ2) is 4.57. The van der Waals surface area contributed by atoms with Crippen molar-refractivity contribution in [2.45, 2.75) is 2.33 Å². The number of carbonyl (C=O) groups is 1. The van der Waals surface area contributed by atoms with Crippen LogP contribution >= 0.6 is 47.8 Å². The van der Waals surface area contributed by atoms with Gasteiger partial charge in [0.1, 0.15) is 0 Å². The van der Waals surface area contributed by atoms with Gasteiger partial charge in [-0.05, 0) is 59.9 Å². The van der Waals surface area contributed by atoms with Crippen molar-refractivity contribution in [1.29, 1.82) is 0 Å². The summed E-state index contributed by atoms with van der Waals surface area (Å²) in [5.41, 5.74) is 0.505. The SMILES string of the molecule is O=C(OC(Br)(Br)Br)c1ccccc1. The Bertz CT molecular complexity index is 292. The predicted octanol–water partition coefficient (Wildman–Crippen LogP) is 3.64. The third-order valence-corrected chi connectivity index (χ3v) is 1.70. The largest absolute Gasteiger partial charge is 0.423 e. The zero-order chi connectivity index (χ0) is 9.90. The van der Waals surface area contributed by atoms with Gasteiger partial charge in [0.15, 0.2) is 0 Å². The maximum Gasteiger partial charge on any atom is 0.340 e. The Hall–Kier alpha value is 0.130. The molecule has 0 heterocycles. The molecule has 1 aromatic carbocycles. The van der Waals surface area contributed by atoms with Crippen LogP contribution < -0.4 is 0 Å². The molecule has 0 aliphatic heterocycles. The molecule has 0 N–H and O–H groups in total. The maximum absolute atomic E-state index is 11.3.